The van der Waals surface area contributed by atoms with Crippen LogP contribution in [0.2, 0.25) is 0 Å². The van der Waals surface area contributed by atoms with Gasteiger partial charge in [0.2, 0.25) is 0 Å². The Bertz CT molecular complexity index is 751. The monoisotopic (exact) mass is 295 g/mol. The highest BCUT2D eigenvalue weighted by Crippen LogP contribution is 2.30. The third-order valence-corrected chi connectivity index (χ3v) is 4.31. The number of hydrogen-bond donors (Lipinski definition) is 0. The van der Waals surface area contributed by atoms with Crippen LogP contribution >= 0.6 is 11.3 Å². The second-order valence-corrected chi connectivity index (χ2v) is 5.72. The molecule has 2 aromatic heterocycles. The van der Waals surface area contributed by atoms with Crippen molar-refractivity contribution in [3.8, 4) is 10.4 Å². The van der Waals surface area contributed by atoms with Gasteiger partial charge in [0.1, 0.15) is 6.29 Å². The van der Waals surface area contributed by atoms with Gasteiger partial charge in [-0.05, 0) is 12.5 Å². The van der Waals surface area contributed by atoms with E-state index in [1.807, 2.05) is 31.2 Å². The van der Waals surface area contributed by atoms with E-state index >= 15 is 0 Å². The van der Waals surface area contributed by atoms with Gasteiger partial charge in [0.25, 0.3) is 0 Å². The summed E-state index contributed by atoms with van der Waals surface area (Å²) >= 11 is 1.65. The van der Waals surface area contributed by atoms with Crippen LogP contribution in [-0.2, 0) is 6.42 Å². The maximum Gasteiger partial charge on any atom is 0.150 e. The second-order valence-electron chi connectivity index (χ2n) is 4.64. The van der Waals surface area contributed by atoms with Crippen molar-refractivity contribution in [2.75, 3.05) is 0 Å². The Morgan fingerprint density at radius 1 is 1.19 bits per heavy atom. The molecule has 0 aliphatic rings. The van der Waals surface area contributed by atoms with Gasteiger partial charge >= 0.3 is 0 Å². The van der Waals surface area contributed by atoms with Crippen LogP contribution in [0.4, 0.5) is 0 Å². The van der Waals surface area contributed by atoms with E-state index in [1.54, 1.807) is 29.9 Å². The Morgan fingerprint density at radius 3 is 2.67 bits per heavy atom. The third-order valence-electron chi connectivity index (χ3n) is 3.10. The Labute approximate surface area is 126 Å². The van der Waals surface area contributed by atoms with Crippen LogP contribution in [0.25, 0.3) is 10.4 Å². The molecular weight excluding hydrogens is 282 g/mol. The molecule has 0 spiro atoms. The maximum atomic E-state index is 10.7. The second kappa shape index (κ2) is 5.93. The van der Waals surface area contributed by atoms with Gasteiger partial charge in [-0.1, -0.05) is 24.3 Å². The van der Waals surface area contributed by atoms with Gasteiger partial charge in [-0.15, -0.1) is 11.3 Å². The van der Waals surface area contributed by atoms with Crippen molar-refractivity contribution in [2.45, 2.75) is 13.3 Å². The van der Waals surface area contributed by atoms with Gasteiger partial charge in [-0.3, -0.25) is 14.8 Å². The largest absolute Gasteiger partial charge is 0.298 e. The smallest absolute Gasteiger partial charge is 0.150 e. The fraction of sp³-hybridized carbons (Fsp3) is 0.125. The zero-order valence-electron chi connectivity index (χ0n) is 11.5. The molecule has 21 heavy (non-hydrogen) atoms. The number of carbonyl (C=O) groups is 1. The molecule has 3 rings (SSSR count). The summed E-state index contributed by atoms with van der Waals surface area (Å²) in [4.78, 5) is 24.8. The molecule has 2 heterocycles. The summed E-state index contributed by atoms with van der Waals surface area (Å²) in [5.74, 6) is 0. The molecule has 0 fully saturated rings. The quantitative estimate of drug-likeness (QED) is 0.693. The van der Waals surface area contributed by atoms with Crippen LogP contribution in [-0.4, -0.2) is 21.2 Å². The Balaban J connectivity index is 1.88. The van der Waals surface area contributed by atoms with Crippen LogP contribution in [0, 0.1) is 6.92 Å². The number of aldehydes is 1. The van der Waals surface area contributed by atoms with Crippen LogP contribution < -0.4 is 0 Å². The number of aromatic nitrogens is 3. The normalized spacial score (nSPS) is 10.5. The molecule has 3 aromatic rings. The molecule has 0 saturated heterocycles. The summed E-state index contributed by atoms with van der Waals surface area (Å²) in [6.07, 6.45) is 6.65. The molecule has 0 bridgehead atoms. The topological polar surface area (TPSA) is 55.7 Å². The van der Waals surface area contributed by atoms with E-state index in [1.165, 1.54) is 0 Å². The standard InChI is InChI=1S/C16H13N3OS/c1-11-16(13-4-2-12(10-20)3-5-13)21-15(19-11)8-14-9-17-6-7-18-14/h2-7,9-10H,8H2,1H3. The lowest BCUT2D eigenvalue weighted by Gasteiger charge is -1.98. The highest BCUT2D eigenvalue weighted by atomic mass is 32.1. The predicted octanol–water partition coefficient (Wildman–Crippen LogP) is 3.31. The number of benzene rings is 1. The van der Waals surface area contributed by atoms with Gasteiger partial charge < -0.3 is 0 Å². The lowest BCUT2D eigenvalue weighted by molar-refractivity contribution is 0.112. The number of thiazole rings is 1. The summed E-state index contributed by atoms with van der Waals surface area (Å²) in [7, 11) is 0. The summed E-state index contributed by atoms with van der Waals surface area (Å²) < 4.78 is 0. The number of hydrogen-bond acceptors (Lipinski definition) is 5. The van der Waals surface area contributed by atoms with Gasteiger partial charge in [0, 0.05) is 30.6 Å². The van der Waals surface area contributed by atoms with Crippen LogP contribution in [0.1, 0.15) is 26.8 Å². The molecule has 0 amide bonds. The highest BCUT2D eigenvalue weighted by Gasteiger charge is 2.10. The Kier molecular flexibility index (Phi) is 3.83. The molecule has 0 aliphatic heterocycles. The molecule has 0 saturated carbocycles. The van der Waals surface area contributed by atoms with Crippen molar-refractivity contribution in [1.82, 2.24) is 15.0 Å². The van der Waals surface area contributed by atoms with Crippen molar-refractivity contribution in [3.05, 3.63) is 64.8 Å². The molecule has 5 heteroatoms. The highest BCUT2D eigenvalue weighted by molar-refractivity contribution is 7.15. The zero-order valence-corrected chi connectivity index (χ0v) is 12.3. The van der Waals surface area contributed by atoms with Crippen LogP contribution in [0.5, 0.6) is 0 Å². The van der Waals surface area contributed by atoms with Crippen LogP contribution in [0.15, 0.2) is 42.9 Å². The SMILES string of the molecule is Cc1nc(Cc2cnccn2)sc1-c1ccc(C=O)cc1. The molecule has 0 N–H and O–H groups in total. The maximum absolute atomic E-state index is 10.7. The molecule has 104 valence electrons. The fourth-order valence-electron chi connectivity index (χ4n) is 2.08. The first-order valence-corrected chi connectivity index (χ1v) is 7.35. The lowest BCUT2D eigenvalue weighted by atomic mass is 10.1. The molecule has 0 aliphatic carbocycles. The van der Waals surface area contributed by atoms with Crippen molar-refractivity contribution in [3.63, 3.8) is 0 Å². The Morgan fingerprint density at radius 2 is 2.00 bits per heavy atom. The third kappa shape index (κ3) is 3.03. The van der Waals surface area contributed by atoms with E-state index < -0.39 is 0 Å². The minimum Gasteiger partial charge on any atom is -0.298 e. The molecule has 1 aromatic carbocycles. The summed E-state index contributed by atoms with van der Waals surface area (Å²) in [5.41, 5.74) is 3.67. The zero-order chi connectivity index (χ0) is 14.7. The molecule has 4 nitrogen and oxygen atoms in total. The molecule has 0 unspecified atom stereocenters. The predicted molar refractivity (Wildman–Crippen MR) is 82.5 cm³/mol. The minimum atomic E-state index is 0.681. The first-order chi connectivity index (χ1) is 10.3. The summed E-state index contributed by atoms with van der Waals surface area (Å²) in [6.45, 7) is 2.00. The number of aryl methyl sites for hydroxylation is 1. The van der Waals surface area contributed by atoms with Crippen molar-refractivity contribution >= 4 is 17.6 Å². The van der Waals surface area contributed by atoms with E-state index in [9.17, 15) is 4.79 Å². The van der Waals surface area contributed by atoms with Crippen molar-refractivity contribution < 1.29 is 4.79 Å². The Hall–Kier alpha value is -2.40. The van der Waals surface area contributed by atoms with Crippen molar-refractivity contribution in [1.29, 1.82) is 0 Å². The number of rotatable bonds is 4. The van der Waals surface area contributed by atoms with Gasteiger partial charge in [-0.25, -0.2) is 4.98 Å². The average molecular weight is 295 g/mol. The summed E-state index contributed by atoms with van der Waals surface area (Å²) in [6, 6.07) is 7.56. The van der Waals surface area contributed by atoms with Gasteiger partial charge in [-0.2, -0.15) is 0 Å². The first-order valence-electron chi connectivity index (χ1n) is 6.53. The van der Waals surface area contributed by atoms with E-state index in [4.69, 9.17) is 0 Å². The minimum absolute atomic E-state index is 0.681. The molecule has 0 atom stereocenters. The van der Waals surface area contributed by atoms with E-state index in [0.717, 1.165) is 33.1 Å². The van der Waals surface area contributed by atoms with E-state index in [2.05, 4.69) is 15.0 Å². The molecule has 0 radical (unpaired) electrons. The van der Waals surface area contributed by atoms with E-state index in [0.29, 0.717) is 12.0 Å². The van der Waals surface area contributed by atoms with Gasteiger partial charge in [0.15, 0.2) is 0 Å². The first kappa shape index (κ1) is 13.6. The molecular formula is C16H13N3OS. The lowest BCUT2D eigenvalue weighted by Crippen LogP contribution is -1.91. The number of carbonyl (C=O) groups excluding carboxylic acids is 1. The van der Waals surface area contributed by atoms with Crippen LogP contribution in [0.3, 0.4) is 0 Å². The van der Waals surface area contributed by atoms with Crippen molar-refractivity contribution in [2.24, 2.45) is 0 Å². The van der Waals surface area contributed by atoms with Gasteiger partial charge in [0.05, 0.1) is 21.3 Å². The average Bonchev–Trinajstić information content (AvgIpc) is 2.89. The summed E-state index contributed by atoms with van der Waals surface area (Å²) in [5, 5.41) is 1.02. The van der Waals surface area contributed by atoms with E-state index in [-0.39, 0.29) is 0 Å². The number of nitrogens with zero attached hydrogens (tertiary/aromatic N) is 3. The fourth-order valence-corrected chi connectivity index (χ4v) is 3.17.